The molecule has 6 nitrogen and oxygen atoms in total. The number of benzene rings is 2. The van der Waals surface area contributed by atoms with Crippen LogP contribution in [0.3, 0.4) is 0 Å². The SMILES string of the molecule is COc1ccc(NC(N)=NCC(C)(C)c2ccc(OC)c(OC)c2)cc1Cl.I. The van der Waals surface area contributed by atoms with Gasteiger partial charge < -0.3 is 25.3 Å². The third-order valence-corrected chi connectivity index (χ3v) is 4.53. The van der Waals surface area contributed by atoms with Crippen molar-refractivity contribution in [3.8, 4) is 17.2 Å². The first-order valence-corrected chi connectivity index (χ1v) is 8.81. The lowest BCUT2D eigenvalue weighted by Gasteiger charge is -2.24. The molecular weight excluding hydrogens is 493 g/mol. The molecule has 154 valence electrons. The van der Waals surface area contributed by atoms with Gasteiger partial charge in [0.25, 0.3) is 0 Å². The maximum atomic E-state index is 6.13. The molecule has 0 unspecified atom stereocenters. The molecule has 2 aromatic rings. The molecule has 0 aromatic heterocycles. The van der Waals surface area contributed by atoms with Gasteiger partial charge >= 0.3 is 0 Å². The van der Waals surface area contributed by atoms with Gasteiger partial charge in [-0.25, -0.2) is 0 Å². The van der Waals surface area contributed by atoms with Crippen LogP contribution in [0.25, 0.3) is 0 Å². The van der Waals surface area contributed by atoms with E-state index < -0.39 is 0 Å². The predicted octanol–water partition coefficient (Wildman–Crippen LogP) is 4.69. The fourth-order valence-corrected chi connectivity index (χ4v) is 2.82. The van der Waals surface area contributed by atoms with Crippen molar-refractivity contribution >= 4 is 47.2 Å². The van der Waals surface area contributed by atoms with Crippen molar-refractivity contribution in [2.75, 3.05) is 33.2 Å². The van der Waals surface area contributed by atoms with Crippen LogP contribution in [-0.2, 0) is 5.41 Å². The average Bonchev–Trinajstić information content (AvgIpc) is 2.66. The Hall–Kier alpha value is -1.87. The number of aliphatic imine (C=N–C) groups is 1. The van der Waals surface area contributed by atoms with Gasteiger partial charge in [0, 0.05) is 11.1 Å². The molecule has 0 radical (unpaired) electrons. The zero-order valence-electron chi connectivity index (χ0n) is 16.7. The molecule has 0 atom stereocenters. The summed E-state index contributed by atoms with van der Waals surface area (Å²) in [6.45, 7) is 4.68. The molecule has 0 saturated heterocycles. The van der Waals surface area contributed by atoms with Crippen LogP contribution in [0.15, 0.2) is 41.4 Å². The maximum Gasteiger partial charge on any atom is 0.193 e. The van der Waals surface area contributed by atoms with E-state index in [1.807, 2.05) is 24.3 Å². The molecule has 8 heteroatoms. The summed E-state index contributed by atoms with van der Waals surface area (Å²) in [7, 11) is 4.81. The van der Waals surface area contributed by atoms with Crippen LogP contribution in [0.4, 0.5) is 5.69 Å². The van der Waals surface area contributed by atoms with E-state index in [4.69, 9.17) is 31.5 Å². The van der Waals surface area contributed by atoms with Crippen LogP contribution in [-0.4, -0.2) is 33.8 Å². The summed E-state index contributed by atoms with van der Waals surface area (Å²) in [5.74, 6) is 2.29. The first-order chi connectivity index (χ1) is 12.8. The number of ether oxygens (including phenoxy) is 3. The van der Waals surface area contributed by atoms with Crippen LogP contribution in [0.1, 0.15) is 19.4 Å². The topological polar surface area (TPSA) is 78.1 Å². The van der Waals surface area contributed by atoms with Gasteiger partial charge in [-0.1, -0.05) is 31.5 Å². The van der Waals surface area contributed by atoms with E-state index in [-0.39, 0.29) is 29.4 Å². The summed E-state index contributed by atoms with van der Waals surface area (Å²) in [4.78, 5) is 4.47. The lowest BCUT2D eigenvalue weighted by atomic mass is 9.84. The number of methoxy groups -OCH3 is 3. The minimum atomic E-state index is -0.247. The van der Waals surface area contributed by atoms with Crippen molar-refractivity contribution in [3.05, 3.63) is 47.0 Å². The molecule has 0 bridgehead atoms. The van der Waals surface area contributed by atoms with Crippen molar-refractivity contribution in [1.82, 2.24) is 0 Å². The fraction of sp³-hybridized carbons (Fsp3) is 0.350. The molecule has 0 saturated carbocycles. The van der Waals surface area contributed by atoms with Gasteiger partial charge in [0.2, 0.25) is 0 Å². The minimum absolute atomic E-state index is 0. The van der Waals surface area contributed by atoms with E-state index in [2.05, 4.69) is 24.2 Å². The monoisotopic (exact) mass is 519 g/mol. The molecule has 28 heavy (non-hydrogen) atoms. The van der Waals surface area contributed by atoms with Crippen LogP contribution >= 0.6 is 35.6 Å². The van der Waals surface area contributed by atoms with Gasteiger partial charge in [0.1, 0.15) is 5.75 Å². The number of halogens is 2. The third kappa shape index (κ3) is 6.07. The van der Waals surface area contributed by atoms with E-state index in [1.165, 1.54) is 0 Å². The summed E-state index contributed by atoms with van der Waals surface area (Å²) in [5, 5.41) is 3.54. The minimum Gasteiger partial charge on any atom is -0.495 e. The molecule has 2 rings (SSSR count). The molecule has 0 aliphatic carbocycles. The standard InChI is InChI=1S/C20H26ClN3O3.HI/c1-20(2,13-6-8-17(26-4)18(10-13)27-5)12-23-19(22)24-14-7-9-16(25-3)15(21)11-14;/h6-11H,12H2,1-5H3,(H3,22,23,24);1H. The number of hydrogen-bond acceptors (Lipinski definition) is 4. The van der Waals surface area contributed by atoms with Crippen LogP contribution in [0.5, 0.6) is 17.2 Å². The molecule has 0 aliphatic heterocycles. The number of anilines is 1. The summed E-state index contributed by atoms with van der Waals surface area (Å²) >= 11 is 6.13. The molecule has 3 N–H and O–H groups in total. The first-order valence-electron chi connectivity index (χ1n) is 8.43. The first kappa shape index (κ1) is 24.2. The third-order valence-electron chi connectivity index (χ3n) is 4.23. The Bertz CT molecular complexity index is 828. The van der Waals surface area contributed by atoms with Gasteiger partial charge in [0.05, 0.1) is 32.9 Å². The lowest BCUT2D eigenvalue weighted by molar-refractivity contribution is 0.353. The number of rotatable bonds is 7. The smallest absolute Gasteiger partial charge is 0.193 e. The van der Waals surface area contributed by atoms with Gasteiger partial charge in [-0.3, -0.25) is 4.99 Å². The molecule has 0 spiro atoms. The van der Waals surface area contributed by atoms with E-state index in [0.717, 1.165) is 11.3 Å². The molecule has 2 aromatic carbocycles. The van der Waals surface area contributed by atoms with Gasteiger partial charge in [-0.15, -0.1) is 24.0 Å². The van der Waals surface area contributed by atoms with Crippen molar-refractivity contribution in [3.63, 3.8) is 0 Å². The Morgan fingerprint density at radius 1 is 1.00 bits per heavy atom. The lowest BCUT2D eigenvalue weighted by Crippen LogP contribution is -2.27. The van der Waals surface area contributed by atoms with Gasteiger partial charge in [0.15, 0.2) is 17.5 Å². The second-order valence-corrected chi connectivity index (χ2v) is 7.04. The highest BCUT2D eigenvalue weighted by atomic mass is 127. The second-order valence-electron chi connectivity index (χ2n) is 6.63. The Labute approximate surface area is 188 Å². The van der Waals surface area contributed by atoms with Crippen LogP contribution in [0.2, 0.25) is 5.02 Å². The number of guanidine groups is 1. The van der Waals surface area contributed by atoms with Crippen LogP contribution < -0.4 is 25.3 Å². The quantitative estimate of drug-likeness (QED) is 0.315. The highest BCUT2D eigenvalue weighted by Gasteiger charge is 2.22. The Balaban J connectivity index is 0.00000392. The summed E-state index contributed by atoms with van der Waals surface area (Å²) < 4.78 is 15.8. The van der Waals surface area contributed by atoms with Crippen molar-refractivity contribution in [1.29, 1.82) is 0 Å². The highest BCUT2D eigenvalue weighted by molar-refractivity contribution is 14.0. The van der Waals surface area contributed by atoms with E-state index in [1.54, 1.807) is 33.5 Å². The maximum absolute atomic E-state index is 6.13. The van der Waals surface area contributed by atoms with E-state index in [0.29, 0.717) is 34.8 Å². The van der Waals surface area contributed by atoms with Crippen molar-refractivity contribution in [2.24, 2.45) is 10.7 Å². The van der Waals surface area contributed by atoms with Crippen molar-refractivity contribution in [2.45, 2.75) is 19.3 Å². The molecule has 0 aliphatic rings. The Morgan fingerprint density at radius 2 is 1.61 bits per heavy atom. The summed E-state index contributed by atoms with van der Waals surface area (Å²) in [6, 6.07) is 11.2. The van der Waals surface area contributed by atoms with Gasteiger partial charge in [-0.2, -0.15) is 0 Å². The normalized spacial score (nSPS) is 11.4. The molecule has 0 fully saturated rings. The predicted molar refractivity (Wildman–Crippen MR) is 126 cm³/mol. The zero-order chi connectivity index (χ0) is 20.0. The second kappa shape index (κ2) is 10.6. The Morgan fingerprint density at radius 3 is 2.18 bits per heavy atom. The molecular formula is C20H27ClIN3O3. The van der Waals surface area contributed by atoms with Gasteiger partial charge in [-0.05, 0) is 35.9 Å². The van der Waals surface area contributed by atoms with Crippen LogP contribution in [0, 0.1) is 0 Å². The Kier molecular flexibility index (Phi) is 9.16. The van der Waals surface area contributed by atoms with E-state index in [9.17, 15) is 0 Å². The number of hydrogen-bond donors (Lipinski definition) is 2. The number of nitrogens with zero attached hydrogens (tertiary/aromatic N) is 1. The molecule has 0 amide bonds. The summed E-state index contributed by atoms with van der Waals surface area (Å²) in [5.41, 5.74) is 7.60. The highest BCUT2D eigenvalue weighted by Crippen LogP contribution is 2.33. The fourth-order valence-electron chi connectivity index (χ4n) is 2.56. The van der Waals surface area contributed by atoms with Crippen molar-refractivity contribution < 1.29 is 14.2 Å². The molecule has 0 heterocycles. The summed E-state index contributed by atoms with van der Waals surface area (Å²) in [6.07, 6.45) is 0. The number of nitrogens with two attached hydrogens (primary N) is 1. The average molecular weight is 520 g/mol. The number of nitrogens with one attached hydrogen (secondary N) is 1. The van der Waals surface area contributed by atoms with E-state index >= 15 is 0 Å². The largest absolute Gasteiger partial charge is 0.495 e. The zero-order valence-corrected chi connectivity index (χ0v) is 19.8.